The molecule has 3 amide bonds. The van der Waals surface area contributed by atoms with Crippen molar-refractivity contribution in [2.45, 2.75) is 38.4 Å². The number of ether oxygens (including phenoxy) is 1. The molecule has 12 heteroatoms. The number of carbonyl (C=O) groups is 3. The van der Waals surface area contributed by atoms with Crippen molar-refractivity contribution in [3.8, 4) is 0 Å². The Labute approximate surface area is 246 Å². The molecule has 0 aliphatic carbocycles. The normalized spacial score (nSPS) is 16.5. The van der Waals surface area contributed by atoms with E-state index in [1.165, 1.54) is 4.90 Å². The second kappa shape index (κ2) is 15.5. The van der Waals surface area contributed by atoms with Crippen LogP contribution in [0.3, 0.4) is 0 Å². The molecule has 2 aromatic rings. The van der Waals surface area contributed by atoms with Gasteiger partial charge in [0.15, 0.2) is 0 Å². The van der Waals surface area contributed by atoms with Crippen LogP contribution in [0.15, 0.2) is 36.4 Å². The second-order valence-corrected chi connectivity index (χ2v) is 8.91. The summed E-state index contributed by atoms with van der Waals surface area (Å²) in [6.45, 7) is 2.88. The number of nitrogens with zero attached hydrogens (tertiary/aromatic N) is 1. The predicted molar refractivity (Wildman–Crippen MR) is 135 cm³/mol. The Kier molecular flexibility index (Phi) is 13.1. The first-order valence-corrected chi connectivity index (χ1v) is 12.1. The standard InChI is InChI=1S/C14H15N3O4.C11H16ClN2O.Y/c18-12-4-3-11(13(19)16-12)17-7-9-5-8(6-15-21)1-2-10(9)14(17)20;1-14-5-7-15-6-4-9-2-3-10(13)8-11(9)12;/h1-2,5,11,15,21H,3-4,6-7H2,(H,16,18,19);2-3,8,13-14H,4-7H2,1H3;/q;-1;. The molecule has 5 N–H and O–H groups in total. The maximum absolute atomic E-state index is 12.4. The molecule has 1 atom stereocenters. The Morgan fingerprint density at radius 2 is 1.97 bits per heavy atom. The van der Waals surface area contributed by atoms with Crippen LogP contribution in [0.5, 0.6) is 0 Å². The number of piperidine rings is 1. The van der Waals surface area contributed by atoms with E-state index in [1.807, 2.05) is 19.2 Å². The average molecular weight is 606 g/mol. The van der Waals surface area contributed by atoms with Gasteiger partial charge in [0, 0.05) is 69.4 Å². The number of carbonyl (C=O) groups excluding carboxylic acids is 3. The fourth-order valence-electron chi connectivity index (χ4n) is 4.04. The number of fused-ring (bicyclic) bond motifs is 1. The van der Waals surface area contributed by atoms with Crippen LogP contribution in [-0.4, -0.2) is 60.7 Å². The first-order valence-electron chi connectivity index (χ1n) is 11.7. The molecule has 2 aliphatic rings. The van der Waals surface area contributed by atoms with Gasteiger partial charge in [-0.25, -0.2) is 5.48 Å². The average Bonchev–Trinajstić information content (AvgIpc) is 3.16. The van der Waals surface area contributed by atoms with Crippen molar-refractivity contribution >= 4 is 35.0 Å². The van der Waals surface area contributed by atoms with E-state index in [4.69, 9.17) is 27.3 Å². The van der Waals surface area contributed by atoms with Crippen molar-refractivity contribution in [1.82, 2.24) is 21.0 Å². The summed E-state index contributed by atoms with van der Waals surface area (Å²) in [6, 6.07) is 9.99. The van der Waals surface area contributed by atoms with Crippen molar-refractivity contribution in [2.24, 2.45) is 0 Å². The van der Waals surface area contributed by atoms with E-state index < -0.39 is 11.9 Å². The molecule has 0 aromatic heterocycles. The van der Waals surface area contributed by atoms with Crippen LogP contribution in [0.25, 0.3) is 5.73 Å². The molecular formula is C25H31ClN5O5Y-. The summed E-state index contributed by atoms with van der Waals surface area (Å²) in [4.78, 5) is 37.0. The van der Waals surface area contributed by atoms with Gasteiger partial charge in [0.1, 0.15) is 6.04 Å². The maximum Gasteiger partial charge on any atom is 0.255 e. The van der Waals surface area contributed by atoms with Gasteiger partial charge in [-0.3, -0.25) is 19.7 Å². The van der Waals surface area contributed by atoms with Crippen LogP contribution in [0.4, 0.5) is 5.69 Å². The quantitative estimate of drug-likeness (QED) is 0.195. The van der Waals surface area contributed by atoms with Crippen LogP contribution < -0.4 is 16.1 Å². The topological polar surface area (TPSA) is 144 Å². The van der Waals surface area contributed by atoms with E-state index in [-0.39, 0.29) is 50.9 Å². The molecule has 1 fully saturated rings. The van der Waals surface area contributed by atoms with Crippen molar-refractivity contribution in [2.75, 3.05) is 26.8 Å². The number of nitrogens with one attached hydrogen (secondary N) is 4. The molecule has 1 radical (unpaired) electrons. The third kappa shape index (κ3) is 8.82. The summed E-state index contributed by atoms with van der Waals surface area (Å²) in [5, 5.41) is 14.7. The van der Waals surface area contributed by atoms with E-state index in [2.05, 4.69) is 16.1 Å². The number of amides is 3. The zero-order valence-electron chi connectivity index (χ0n) is 20.7. The minimum absolute atomic E-state index is 0. The fraction of sp³-hybridized carbons (Fsp3) is 0.400. The third-order valence-electron chi connectivity index (χ3n) is 5.94. The Balaban J connectivity index is 0.000000268. The molecular weight excluding hydrogens is 575 g/mol. The molecule has 1 saturated heterocycles. The summed E-state index contributed by atoms with van der Waals surface area (Å²) in [5.74, 6) is -0.899. The fourth-order valence-corrected chi connectivity index (χ4v) is 4.31. The van der Waals surface area contributed by atoms with Gasteiger partial charge in [0.25, 0.3) is 5.91 Å². The number of benzene rings is 2. The largest absolute Gasteiger partial charge is 0.699 e. The van der Waals surface area contributed by atoms with E-state index in [0.29, 0.717) is 49.0 Å². The van der Waals surface area contributed by atoms with Gasteiger partial charge in [0.2, 0.25) is 11.8 Å². The molecule has 4 rings (SSSR count). The SMILES string of the molecule is CNCCOCCc1ccc([NH-])cc1Cl.O=C1CCC(N2Cc3cc(CNO)ccc3C2=O)C(=O)N1.[Y]. The van der Waals surface area contributed by atoms with Crippen LogP contribution in [0.1, 0.15) is 39.9 Å². The van der Waals surface area contributed by atoms with Crippen molar-refractivity contribution in [3.05, 3.63) is 69.4 Å². The number of likely N-dealkylation sites (N-methyl/N-ethyl adjacent to an activating group) is 1. The molecule has 37 heavy (non-hydrogen) atoms. The first-order chi connectivity index (χ1) is 17.3. The number of hydrogen-bond acceptors (Lipinski definition) is 7. The Bertz CT molecular complexity index is 1100. The third-order valence-corrected chi connectivity index (χ3v) is 6.29. The molecule has 0 bridgehead atoms. The van der Waals surface area contributed by atoms with Crippen molar-refractivity contribution in [1.29, 1.82) is 0 Å². The summed E-state index contributed by atoms with van der Waals surface area (Å²) < 4.78 is 5.40. The molecule has 2 heterocycles. The summed E-state index contributed by atoms with van der Waals surface area (Å²) in [5.41, 5.74) is 13.2. The summed E-state index contributed by atoms with van der Waals surface area (Å²) in [6.07, 6.45) is 1.40. The van der Waals surface area contributed by atoms with Crippen molar-refractivity contribution < 1.29 is 57.0 Å². The van der Waals surface area contributed by atoms with Gasteiger partial charge in [-0.15, -0.1) is 5.69 Å². The van der Waals surface area contributed by atoms with Gasteiger partial charge >= 0.3 is 0 Å². The summed E-state index contributed by atoms with van der Waals surface area (Å²) in [7, 11) is 1.90. The Morgan fingerprint density at radius 3 is 2.65 bits per heavy atom. The second-order valence-electron chi connectivity index (χ2n) is 8.50. The Morgan fingerprint density at radius 1 is 1.19 bits per heavy atom. The van der Waals surface area contributed by atoms with Gasteiger partial charge in [-0.05, 0) is 42.6 Å². The monoisotopic (exact) mass is 605 g/mol. The minimum Gasteiger partial charge on any atom is -0.699 e. The molecule has 197 valence electrons. The van der Waals surface area contributed by atoms with Gasteiger partial charge < -0.3 is 25.9 Å². The van der Waals surface area contributed by atoms with Crippen molar-refractivity contribution in [3.63, 3.8) is 0 Å². The van der Waals surface area contributed by atoms with E-state index in [1.54, 1.807) is 24.3 Å². The number of imide groups is 1. The predicted octanol–water partition coefficient (Wildman–Crippen LogP) is 2.73. The van der Waals surface area contributed by atoms with E-state index in [9.17, 15) is 14.4 Å². The van der Waals surface area contributed by atoms with Gasteiger partial charge in [0.05, 0.1) is 13.2 Å². The Hall–Kier alpha value is -1.92. The number of hydroxylamine groups is 1. The first kappa shape index (κ1) is 31.3. The van der Waals surface area contributed by atoms with E-state index in [0.717, 1.165) is 29.7 Å². The van der Waals surface area contributed by atoms with E-state index >= 15 is 0 Å². The summed E-state index contributed by atoms with van der Waals surface area (Å²) >= 11 is 5.98. The zero-order chi connectivity index (χ0) is 26.1. The minimum atomic E-state index is -0.595. The molecule has 0 spiro atoms. The van der Waals surface area contributed by atoms with Crippen LogP contribution in [0, 0.1) is 0 Å². The number of rotatable bonds is 9. The molecule has 0 saturated carbocycles. The molecule has 10 nitrogen and oxygen atoms in total. The smallest absolute Gasteiger partial charge is 0.255 e. The maximum atomic E-state index is 12.4. The molecule has 2 aliphatic heterocycles. The number of halogens is 1. The van der Waals surface area contributed by atoms with Crippen LogP contribution in [0.2, 0.25) is 5.02 Å². The number of hydrogen-bond donors (Lipinski definition) is 4. The van der Waals surface area contributed by atoms with Crippen LogP contribution in [-0.2, 0) is 66.5 Å². The van der Waals surface area contributed by atoms with Gasteiger partial charge in [-0.1, -0.05) is 41.9 Å². The molecule has 1 unspecified atom stereocenters. The van der Waals surface area contributed by atoms with Crippen LogP contribution >= 0.6 is 11.6 Å². The van der Waals surface area contributed by atoms with Gasteiger partial charge in [-0.2, -0.15) is 0 Å². The molecule has 2 aromatic carbocycles. The zero-order valence-corrected chi connectivity index (χ0v) is 24.3.